The number of hydrogen-bond acceptors (Lipinski definition) is 4. The minimum absolute atomic E-state index is 0.263. The number of nitrogens with one attached hydrogen (secondary N) is 1. The lowest BCUT2D eigenvalue weighted by Gasteiger charge is -2.27. The molecule has 0 fully saturated rings. The van der Waals surface area contributed by atoms with Gasteiger partial charge in [-0.15, -0.1) is 5.10 Å². The highest BCUT2D eigenvalue weighted by molar-refractivity contribution is 5.36. The monoisotopic (exact) mass is 236 g/mol. The number of nitrogens with zero attached hydrogens (tertiary/aromatic N) is 3. The van der Waals surface area contributed by atoms with Crippen molar-refractivity contribution in [1.82, 2.24) is 15.5 Å². The molecule has 4 nitrogen and oxygen atoms in total. The van der Waals surface area contributed by atoms with E-state index in [0.29, 0.717) is 0 Å². The number of aromatic nitrogens is 2. The molecule has 0 aromatic carbocycles. The van der Waals surface area contributed by atoms with E-state index in [9.17, 15) is 0 Å². The molecule has 4 heteroatoms. The molecule has 0 atom stereocenters. The van der Waals surface area contributed by atoms with Crippen molar-refractivity contribution in [2.24, 2.45) is 5.41 Å². The van der Waals surface area contributed by atoms with Crippen molar-refractivity contribution in [3.63, 3.8) is 0 Å². The van der Waals surface area contributed by atoms with Crippen molar-refractivity contribution < 1.29 is 0 Å². The Labute approximate surface area is 104 Å². The molecule has 1 N–H and O–H groups in total. The second-order valence-corrected chi connectivity index (χ2v) is 5.58. The molecular formula is C13H24N4. The lowest BCUT2D eigenvalue weighted by Crippen LogP contribution is -2.30. The first-order chi connectivity index (χ1) is 7.92. The quantitative estimate of drug-likeness (QED) is 0.849. The molecule has 0 amide bonds. The van der Waals surface area contributed by atoms with Crippen molar-refractivity contribution in [2.45, 2.75) is 34.2 Å². The van der Waals surface area contributed by atoms with Gasteiger partial charge in [-0.2, -0.15) is 5.10 Å². The molecule has 0 aliphatic rings. The SMILES string of the molecule is CCNCc1ccc(N(C)CC(C)(C)C)nn1. The van der Waals surface area contributed by atoms with Gasteiger partial charge in [-0.3, -0.25) is 0 Å². The third kappa shape index (κ3) is 5.13. The normalized spacial score (nSPS) is 11.6. The second-order valence-electron chi connectivity index (χ2n) is 5.58. The van der Waals surface area contributed by atoms with Crippen LogP contribution in [0.25, 0.3) is 0 Å². The average molecular weight is 236 g/mol. The maximum Gasteiger partial charge on any atom is 0.151 e. The molecule has 0 radical (unpaired) electrons. The molecule has 0 aliphatic heterocycles. The Morgan fingerprint density at radius 1 is 1.24 bits per heavy atom. The number of hydrogen-bond donors (Lipinski definition) is 1. The van der Waals surface area contributed by atoms with Crippen LogP contribution in [0.3, 0.4) is 0 Å². The van der Waals surface area contributed by atoms with Crippen LogP contribution < -0.4 is 10.2 Å². The van der Waals surface area contributed by atoms with Gasteiger partial charge in [-0.1, -0.05) is 27.7 Å². The van der Waals surface area contributed by atoms with Crippen LogP contribution >= 0.6 is 0 Å². The summed E-state index contributed by atoms with van der Waals surface area (Å²) in [6.07, 6.45) is 0. The van der Waals surface area contributed by atoms with Crippen molar-refractivity contribution in [1.29, 1.82) is 0 Å². The first-order valence-electron chi connectivity index (χ1n) is 6.17. The van der Waals surface area contributed by atoms with Crippen LogP contribution in [-0.2, 0) is 6.54 Å². The van der Waals surface area contributed by atoms with Crippen LogP contribution in [0.2, 0.25) is 0 Å². The summed E-state index contributed by atoms with van der Waals surface area (Å²) >= 11 is 0. The average Bonchev–Trinajstić information content (AvgIpc) is 2.24. The summed E-state index contributed by atoms with van der Waals surface area (Å²) in [4.78, 5) is 2.14. The summed E-state index contributed by atoms with van der Waals surface area (Å²) in [6, 6.07) is 4.07. The minimum Gasteiger partial charge on any atom is -0.358 e. The summed E-state index contributed by atoms with van der Waals surface area (Å²) in [5.41, 5.74) is 1.25. The van der Waals surface area contributed by atoms with Gasteiger partial charge in [0.1, 0.15) is 0 Å². The molecule has 0 spiro atoms. The molecule has 0 unspecified atom stereocenters. The molecule has 1 aromatic heterocycles. The Hall–Kier alpha value is -1.16. The third-order valence-electron chi connectivity index (χ3n) is 2.36. The number of anilines is 1. The summed E-state index contributed by atoms with van der Waals surface area (Å²) < 4.78 is 0. The maximum absolute atomic E-state index is 4.25. The zero-order chi connectivity index (χ0) is 12.9. The van der Waals surface area contributed by atoms with Crippen molar-refractivity contribution in [3.8, 4) is 0 Å². The van der Waals surface area contributed by atoms with Crippen molar-refractivity contribution >= 4 is 5.82 Å². The van der Waals surface area contributed by atoms with E-state index in [0.717, 1.165) is 31.1 Å². The Bertz CT molecular complexity index is 326. The maximum atomic E-state index is 4.25. The summed E-state index contributed by atoms with van der Waals surface area (Å²) in [5.74, 6) is 0.931. The second kappa shape index (κ2) is 5.96. The molecular weight excluding hydrogens is 212 g/mol. The topological polar surface area (TPSA) is 41.0 Å². The van der Waals surface area contributed by atoms with E-state index >= 15 is 0 Å². The fourth-order valence-corrected chi connectivity index (χ4v) is 1.70. The molecule has 17 heavy (non-hydrogen) atoms. The van der Waals surface area contributed by atoms with Gasteiger partial charge in [-0.25, -0.2) is 0 Å². The highest BCUT2D eigenvalue weighted by Crippen LogP contribution is 2.17. The fourth-order valence-electron chi connectivity index (χ4n) is 1.70. The molecule has 0 aliphatic carbocycles. The first-order valence-corrected chi connectivity index (χ1v) is 6.17. The highest BCUT2D eigenvalue weighted by atomic mass is 15.2. The Morgan fingerprint density at radius 3 is 2.41 bits per heavy atom. The zero-order valence-electron chi connectivity index (χ0n) is 11.6. The largest absolute Gasteiger partial charge is 0.358 e. The molecule has 1 heterocycles. The van der Waals surface area contributed by atoms with Gasteiger partial charge >= 0.3 is 0 Å². The molecule has 0 saturated carbocycles. The van der Waals surface area contributed by atoms with Crippen LogP contribution in [0.4, 0.5) is 5.82 Å². The van der Waals surface area contributed by atoms with E-state index in [2.05, 4.69) is 55.2 Å². The number of rotatable bonds is 5. The Kier molecular flexibility index (Phi) is 4.87. The fraction of sp³-hybridized carbons (Fsp3) is 0.692. The van der Waals surface area contributed by atoms with E-state index in [1.54, 1.807) is 0 Å². The van der Waals surface area contributed by atoms with Crippen LogP contribution in [0, 0.1) is 5.41 Å². The molecule has 1 aromatic rings. The molecule has 0 bridgehead atoms. The third-order valence-corrected chi connectivity index (χ3v) is 2.36. The van der Waals surface area contributed by atoms with Crippen molar-refractivity contribution in [3.05, 3.63) is 17.8 Å². The van der Waals surface area contributed by atoms with E-state index in [1.165, 1.54) is 0 Å². The van der Waals surface area contributed by atoms with E-state index in [1.807, 2.05) is 12.1 Å². The molecule has 96 valence electrons. The Morgan fingerprint density at radius 2 is 1.94 bits per heavy atom. The van der Waals surface area contributed by atoms with Gasteiger partial charge in [0.05, 0.1) is 5.69 Å². The lowest BCUT2D eigenvalue weighted by atomic mass is 9.96. The van der Waals surface area contributed by atoms with E-state index in [-0.39, 0.29) is 5.41 Å². The van der Waals surface area contributed by atoms with Gasteiger partial charge in [0, 0.05) is 20.1 Å². The van der Waals surface area contributed by atoms with Gasteiger partial charge in [0.15, 0.2) is 5.82 Å². The smallest absolute Gasteiger partial charge is 0.151 e. The Balaban J connectivity index is 2.60. The summed E-state index contributed by atoms with van der Waals surface area (Å²) in [7, 11) is 2.05. The summed E-state index contributed by atoms with van der Waals surface area (Å²) in [6.45, 7) is 11.4. The van der Waals surface area contributed by atoms with E-state index in [4.69, 9.17) is 0 Å². The molecule has 1 rings (SSSR count). The molecule has 0 saturated heterocycles. The first kappa shape index (κ1) is 13.9. The standard InChI is InChI=1S/C13H24N4/c1-6-14-9-11-7-8-12(16-15-11)17(5)10-13(2,3)4/h7-8,14H,6,9-10H2,1-5H3. The van der Waals surface area contributed by atoms with Gasteiger partial charge in [-0.05, 0) is 24.1 Å². The van der Waals surface area contributed by atoms with E-state index < -0.39 is 0 Å². The predicted octanol–water partition coefficient (Wildman–Crippen LogP) is 2.07. The van der Waals surface area contributed by atoms with Gasteiger partial charge < -0.3 is 10.2 Å². The minimum atomic E-state index is 0.263. The highest BCUT2D eigenvalue weighted by Gasteiger charge is 2.14. The van der Waals surface area contributed by atoms with Gasteiger partial charge in [0.25, 0.3) is 0 Å². The predicted molar refractivity (Wildman–Crippen MR) is 72.1 cm³/mol. The zero-order valence-corrected chi connectivity index (χ0v) is 11.6. The van der Waals surface area contributed by atoms with Gasteiger partial charge in [0.2, 0.25) is 0 Å². The van der Waals surface area contributed by atoms with Crippen LogP contribution in [0.5, 0.6) is 0 Å². The lowest BCUT2D eigenvalue weighted by molar-refractivity contribution is 0.417. The van der Waals surface area contributed by atoms with Crippen molar-refractivity contribution in [2.75, 3.05) is 25.0 Å². The van der Waals surface area contributed by atoms with Crippen LogP contribution in [0.15, 0.2) is 12.1 Å². The summed E-state index contributed by atoms with van der Waals surface area (Å²) in [5, 5.41) is 11.7. The van der Waals surface area contributed by atoms with Crippen LogP contribution in [0.1, 0.15) is 33.4 Å². The van der Waals surface area contributed by atoms with Crippen LogP contribution in [-0.4, -0.2) is 30.3 Å².